The van der Waals surface area contributed by atoms with Crippen molar-refractivity contribution >= 4 is 43.3 Å². The number of anilines is 1. The number of imidazole rings is 1. The summed E-state index contributed by atoms with van der Waals surface area (Å²) in [7, 11) is -5.30. The van der Waals surface area contributed by atoms with Gasteiger partial charge in [-0.05, 0) is 0 Å². The van der Waals surface area contributed by atoms with Crippen LogP contribution in [-0.2, 0) is 29.9 Å². The number of hydrogen-bond donors (Lipinski definition) is 3. The van der Waals surface area contributed by atoms with Gasteiger partial charge in [0.25, 0.3) is 7.82 Å². The Hall–Kier alpha value is 0.702. The number of nitrogen functional groups attached to an aromatic ring is 1. The standard InChI is InChI=1S/C10H15N5O9P2S.3Li/c11-8-5-9(13-2-12-8)15(3-14-5)10-7(17)6(16)4(23-10)1-22-25(18,19)24-26(20,21)27;;;/h2-4,6-7,10,16-17H,1H2,(H,18,19)(H2,11,12,13)(H2,20,21,27);;;/q;3*+1/p-3/t4-,6-,7-,10-;;;/m1.../s1. The maximum atomic E-state index is 11.4. The molecule has 14 nitrogen and oxygen atoms in total. The number of ether oxygens (including phenoxy) is 1. The zero-order valence-electron chi connectivity index (χ0n) is 16.1. The smallest absolute Gasteiger partial charge is 0.812 e. The van der Waals surface area contributed by atoms with E-state index in [0.29, 0.717) is 0 Å². The maximum Gasteiger partial charge on any atom is 1.00 e. The molecular formula is C10H12Li3N5O9P2S. The van der Waals surface area contributed by atoms with Crippen molar-refractivity contribution in [3.63, 3.8) is 0 Å². The summed E-state index contributed by atoms with van der Waals surface area (Å²) < 4.78 is 26.1. The van der Waals surface area contributed by atoms with E-state index in [1.807, 2.05) is 0 Å². The van der Waals surface area contributed by atoms with Crippen molar-refractivity contribution in [1.29, 1.82) is 0 Å². The average Bonchev–Trinajstić information content (AvgIpc) is 3.07. The Morgan fingerprint density at radius 2 is 1.83 bits per heavy atom. The molecule has 0 bridgehead atoms. The molecule has 1 aliphatic rings. The molecule has 3 rings (SSSR count). The van der Waals surface area contributed by atoms with Crippen molar-refractivity contribution < 1.29 is 99.6 Å². The van der Waals surface area contributed by atoms with Crippen molar-refractivity contribution in [3.05, 3.63) is 12.7 Å². The topological polar surface area (TPSA) is 224 Å². The molecule has 30 heavy (non-hydrogen) atoms. The summed E-state index contributed by atoms with van der Waals surface area (Å²) in [4.78, 5) is 44.6. The molecule has 0 amide bonds. The van der Waals surface area contributed by atoms with Crippen LogP contribution in [0.25, 0.3) is 11.2 Å². The van der Waals surface area contributed by atoms with E-state index >= 15 is 0 Å². The van der Waals surface area contributed by atoms with Crippen LogP contribution < -0.4 is 77.0 Å². The van der Waals surface area contributed by atoms with E-state index in [4.69, 9.17) is 10.5 Å². The largest absolute Gasteiger partial charge is 1.00 e. The number of aliphatic hydroxyl groups is 2. The molecule has 5 atom stereocenters. The first kappa shape index (κ1) is 30.7. The summed E-state index contributed by atoms with van der Waals surface area (Å²) in [6, 6.07) is 0. The fraction of sp³-hybridized carbons (Fsp3) is 0.500. The first-order valence-corrected chi connectivity index (χ1v) is 11.1. The summed E-state index contributed by atoms with van der Waals surface area (Å²) in [5.41, 5.74) is 6.11. The number of rotatable bonds is 6. The molecule has 0 aromatic carbocycles. The molecule has 1 unspecified atom stereocenters. The second kappa shape index (κ2) is 11.7. The maximum absolute atomic E-state index is 11.4. The number of nitrogens with zero attached hydrogens (tertiary/aromatic N) is 4. The molecule has 0 radical (unpaired) electrons. The quantitative estimate of drug-likeness (QED) is 0.268. The zero-order chi connectivity index (χ0) is 20.0. The number of aliphatic hydroxyl groups excluding tert-OH is 2. The molecular weight excluding hydrogens is 449 g/mol. The van der Waals surface area contributed by atoms with Gasteiger partial charge >= 0.3 is 56.6 Å². The van der Waals surface area contributed by atoms with Gasteiger partial charge in [-0.25, -0.2) is 15.0 Å². The first-order valence-electron chi connectivity index (χ1n) is 7.12. The van der Waals surface area contributed by atoms with Gasteiger partial charge < -0.3 is 44.2 Å². The van der Waals surface area contributed by atoms with Gasteiger partial charge in [-0.2, -0.15) is 0 Å². The molecule has 2 aromatic heterocycles. The van der Waals surface area contributed by atoms with E-state index in [1.54, 1.807) is 0 Å². The molecule has 1 saturated heterocycles. The molecule has 4 N–H and O–H groups in total. The number of phosphoric ester groups is 1. The zero-order valence-corrected chi connectivity index (χ0v) is 18.7. The van der Waals surface area contributed by atoms with Crippen LogP contribution in [0.4, 0.5) is 5.82 Å². The summed E-state index contributed by atoms with van der Waals surface area (Å²) in [5, 5.41) is 20.3. The SMILES string of the molecule is Nc1ncnc2c1ncn2[C@@H]1O[C@H](COP(=O)([O-])OP([O-])([O-])=S)[C@@H](O)[C@H]1O.[Li+].[Li+].[Li+]. The second-order valence-electron chi connectivity index (χ2n) is 5.40. The van der Waals surface area contributed by atoms with Gasteiger partial charge in [0, 0.05) is 0 Å². The van der Waals surface area contributed by atoms with Crippen LogP contribution in [0, 0.1) is 0 Å². The molecule has 20 heteroatoms. The van der Waals surface area contributed by atoms with Crippen molar-refractivity contribution in [2.75, 3.05) is 12.3 Å². The Morgan fingerprint density at radius 1 is 1.20 bits per heavy atom. The van der Waals surface area contributed by atoms with Gasteiger partial charge in [-0.3, -0.25) is 9.13 Å². The number of fused-ring (bicyclic) bond motifs is 1. The third-order valence-corrected chi connectivity index (χ3v) is 6.26. The monoisotopic (exact) mass is 461 g/mol. The average molecular weight is 461 g/mol. The summed E-state index contributed by atoms with van der Waals surface area (Å²) in [6.45, 7) is -5.86. The van der Waals surface area contributed by atoms with Crippen molar-refractivity contribution in [1.82, 2.24) is 19.5 Å². The van der Waals surface area contributed by atoms with Crippen molar-refractivity contribution in [3.8, 4) is 0 Å². The first-order chi connectivity index (χ1) is 12.5. The Kier molecular flexibility index (Phi) is 12.0. The fourth-order valence-corrected chi connectivity index (χ4v) is 4.70. The minimum absolute atomic E-state index is 0. The van der Waals surface area contributed by atoms with E-state index in [-0.39, 0.29) is 73.6 Å². The van der Waals surface area contributed by atoms with Gasteiger partial charge in [0.05, 0.1) is 12.9 Å². The molecule has 150 valence electrons. The normalized spacial score (nSPS) is 25.6. The van der Waals surface area contributed by atoms with Gasteiger partial charge in [0.2, 0.25) is 0 Å². The van der Waals surface area contributed by atoms with E-state index in [1.165, 1.54) is 10.9 Å². The van der Waals surface area contributed by atoms with Gasteiger partial charge in [-0.1, -0.05) is 6.72 Å². The van der Waals surface area contributed by atoms with Crippen LogP contribution in [0.5, 0.6) is 0 Å². The van der Waals surface area contributed by atoms with Gasteiger partial charge in [-0.15, -0.1) is 11.8 Å². The summed E-state index contributed by atoms with van der Waals surface area (Å²) >= 11 is 3.82. The predicted molar refractivity (Wildman–Crippen MR) is 84.6 cm³/mol. The van der Waals surface area contributed by atoms with E-state index in [2.05, 4.69) is 35.6 Å². The summed E-state index contributed by atoms with van der Waals surface area (Å²) in [5.74, 6) is 0.0852. The van der Waals surface area contributed by atoms with Gasteiger partial charge in [0.15, 0.2) is 17.7 Å². The molecule has 1 aliphatic heterocycles. The molecule has 1 fully saturated rings. The third-order valence-electron chi connectivity index (χ3n) is 3.60. The predicted octanol–water partition coefficient (Wildman–Crippen LogP) is -12.5. The van der Waals surface area contributed by atoms with Crippen LogP contribution in [-0.4, -0.2) is 54.7 Å². The fourth-order valence-electron chi connectivity index (χ4n) is 2.46. The Morgan fingerprint density at radius 3 is 2.43 bits per heavy atom. The van der Waals surface area contributed by atoms with Crippen LogP contribution in [0.2, 0.25) is 0 Å². The van der Waals surface area contributed by atoms with E-state index in [9.17, 15) is 29.5 Å². The molecule has 0 spiro atoms. The van der Waals surface area contributed by atoms with E-state index in [0.717, 1.165) is 6.33 Å². The van der Waals surface area contributed by atoms with Gasteiger partial charge in [0.1, 0.15) is 30.2 Å². The number of nitrogens with two attached hydrogens (primary N) is 1. The Balaban J connectivity index is 0.00000280. The molecule has 0 aliphatic carbocycles. The number of hydrogen-bond acceptors (Lipinski definition) is 14. The second-order valence-corrected chi connectivity index (χ2v) is 9.44. The van der Waals surface area contributed by atoms with Crippen LogP contribution in [0.15, 0.2) is 12.7 Å². The van der Waals surface area contributed by atoms with Crippen LogP contribution in [0.1, 0.15) is 6.23 Å². The molecule has 0 saturated carbocycles. The third kappa shape index (κ3) is 7.10. The number of aromatic nitrogens is 4. The van der Waals surface area contributed by atoms with E-state index < -0.39 is 45.7 Å². The molecule has 2 aromatic rings. The summed E-state index contributed by atoms with van der Waals surface area (Å²) in [6.07, 6.45) is -3.23. The van der Waals surface area contributed by atoms with Crippen molar-refractivity contribution in [2.45, 2.75) is 24.5 Å². The Labute approximate surface area is 210 Å². The minimum atomic E-state index is -5.30. The van der Waals surface area contributed by atoms with Crippen LogP contribution >= 0.6 is 14.5 Å². The molecule has 3 heterocycles. The minimum Gasteiger partial charge on any atom is -0.812 e. The van der Waals surface area contributed by atoms with Crippen LogP contribution in [0.3, 0.4) is 0 Å². The van der Waals surface area contributed by atoms with Crippen molar-refractivity contribution in [2.24, 2.45) is 0 Å². The Bertz CT molecular complexity index is 951. The number of phosphoric acid groups is 1.